The number of furan rings is 1. The Morgan fingerprint density at radius 3 is 2.57 bits per heavy atom. The van der Waals surface area contributed by atoms with E-state index < -0.39 is 0 Å². The van der Waals surface area contributed by atoms with Crippen molar-refractivity contribution in [3.05, 3.63) is 78.1 Å². The highest BCUT2D eigenvalue weighted by molar-refractivity contribution is 7.21. The second kappa shape index (κ2) is 8.92. The van der Waals surface area contributed by atoms with E-state index in [1.54, 1.807) is 17.0 Å². The highest BCUT2D eigenvalue weighted by Gasteiger charge is 2.22. The van der Waals surface area contributed by atoms with E-state index in [2.05, 4.69) is 4.98 Å². The number of amides is 1. The highest BCUT2D eigenvalue weighted by atomic mass is 32.1. The summed E-state index contributed by atoms with van der Waals surface area (Å²) >= 11 is 1.51. The zero-order valence-corrected chi connectivity index (χ0v) is 17.2. The van der Waals surface area contributed by atoms with Gasteiger partial charge >= 0.3 is 5.97 Å². The molecule has 7 heteroatoms. The summed E-state index contributed by atoms with van der Waals surface area (Å²) in [7, 11) is 1.34. The molecule has 0 atom stereocenters. The Hall–Kier alpha value is -3.45. The summed E-state index contributed by atoms with van der Waals surface area (Å²) in [6, 6.07) is 20.9. The zero-order chi connectivity index (χ0) is 20.9. The number of rotatable bonds is 7. The van der Waals surface area contributed by atoms with E-state index in [9.17, 15) is 9.59 Å². The minimum Gasteiger partial charge on any atom is -0.469 e. The molecule has 0 aliphatic carbocycles. The third-order valence-electron chi connectivity index (χ3n) is 4.64. The molecule has 2 aromatic carbocycles. The molecule has 0 fully saturated rings. The van der Waals surface area contributed by atoms with Gasteiger partial charge in [0.05, 0.1) is 23.7 Å². The normalized spacial score (nSPS) is 10.8. The van der Waals surface area contributed by atoms with E-state index in [0.29, 0.717) is 12.3 Å². The van der Waals surface area contributed by atoms with Crippen molar-refractivity contribution in [1.29, 1.82) is 0 Å². The van der Waals surface area contributed by atoms with Gasteiger partial charge in [0.1, 0.15) is 0 Å². The van der Waals surface area contributed by atoms with Gasteiger partial charge in [-0.1, -0.05) is 42.5 Å². The summed E-state index contributed by atoms with van der Waals surface area (Å²) < 4.78 is 11.6. The summed E-state index contributed by atoms with van der Waals surface area (Å²) in [5.41, 5.74) is 1.86. The number of thiazole rings is 1. The largest absolute Gasteiger partial charge is 0.469 e. The Bertz CT molecular complexity index is 1130. The fourth-order valence-electron chi connectivity index (χ4n) is 3.09. The van der Waals surface area contributed by atoms with Crippen LogP contribution in [0.15, 0.2) is 71.1 Å². The first kappa shape index (κ1) is 19.8. The molecular weight excluding hydrogens is 400 g/mol. The van der Waals surface area contributed by atoms with Gasteiger partial charge in [-0.05, 0) is 29.8 Å². The number of esters is 1. The smallest absolute Gasteiger partial charge is 0.307 e. The van der Waals surface area contributed by atoms with Crippen LogP contribution < -0.4 is 0 Å². The van der Waals surface area contributed by atoms with Crippen molar-refractivity contribution < 1.29 is 18.7 Å². The van der Waals surface area contributed by atoms with Crippen molar-refractivity contribution in [2.24, 2.45) is 0 Å². The third-order valence-corrected chi connectivity index (χ3v) is 5.69. The molecule has 2 aromatic heterocycles. The second-order valence-corrected chi connectivity index (χ2v) is 7.72. The van der Waals surface area contributed by atoms with Gasteiger partial charge in [-0.2, -0.15) is 0 Å². The maximum Gasteiger partial charge on any atom is 0.307 e. The molecule has 1 amide bonds. The number of hydrogen-bond acceptors (Lipinski definition) is 6. The van der Waals surface area contributed by atoms with Gasteiger partial charge in [-0.25, -0.2) is 4.98 Å². The molecule has 2 heterocycles. The van der Waals surface area contributed by atoms with E-state index in [0.717, 1.165) is 20.8 Å². The number of nitrogens with zero attached hydrogens (tertiary/aromatic N) is 2. The van der Waals surface area contributed by atoms with Crippen LogP contribution in [0.1, 0.15) is 22.5 Å². The van der Waals surface area contributed by atoms with Crippen LogP contribution >= 0.6 is 11.3 Å². The Morgan fingerprint density at radius 2 is 1.80 bits per heavy atom. The Labute approximate surface area is 177 Å². The fourth-order valence-corrected chi connectivity index (χ4v) is 4.01. The van der Waals surface area contributed by atoms with Crippen LogP contribution in [0.25, 0.3) is 21.0 Å². The number of hydrogen-bond donors (Lipinski definition) is 0. The van der Waals surface area contributed by atoms with Crippen LogP contribution in [-0.2, 0) is 16.1 Å². The molecule has 0 saturated heterocycles. The van der Waals surface area contributed by atoms with Crippen molar-refractivity contribution >= 4 is 33.4 Å². The molecule has 4 rings (SSSR count). The molecule has 0 aliphatic rings. The molecule has 0 bridgehead atoms. The predicted octanol–water partition coefficient (Wildman–Crippen LogP) is 4.76. The lowest BCUT2D eigenvalue weighted by Gasteiger charge is -2.21. The van der Waals surface area contributed by atoms with Gasteiger partial charge in [-0.3, -0.25) is 9.59 Å². The molecule has 6 nitrogen and oxygen atoms in total. The van der Waals surface area contributed by atoms with Gasteiger partial charge < -0.3 is 14.1 Å². The van der Waals surface area contributed by atoms with Crippen LogP contribution in [0.5, 0.6) is 0 Å². The summed E-state index contributed by atoms with van der Waals surface area (Å²) in [6.07, 6.45) is 0.112. The zero-order valence-electron chi connectivity index (χ0n) is 16.4. The predicted molar refractivity (Wildman–Crippen MR) is 115 cm³/mol. The van der Waals surface area contributed by atoms with Crippen LogP contribution in [-0.4, -0.2) is 35.4 Å². The Kier molecular flexibility index (Phi) is 5.90. The van der Waals surface area contributed by atoms with E-state index in [-0.39, 0.29) is 30.6 Å². The van der Waals surface area contributed by atoms with Crippen molar-refractivity contribution in [2.45, 2.75) is 13.0 Å². The van der Waals surface area contributed by atoms with Crippen LogP contribution in [0.2, 0.25) is 0 Å². The number of fused-ring (bicyclic) bond motifs is 1. The lowest BCUT2D eigenvalue weighted by Crippen LogP contribution is -2.32. The second-order valence-electron chi connectivity index (χ2n) is 6.69. The van der Waals surface area contributed by atoms with E-state index >= 15 is 0 Å². The number of para-hydroxylation sites is 1. The fraction of sp³-hybridized carbons (Fsp3) is 0.174. The average Bonchev–Trinajstić information content (AvgIpc) is 3.43. The average molecular weight is 420 g/mol. The molecule has 0 saturated carbocycles. The van der Waals surface area contributed by atoms with Gasteiger partial charge in [0.15, 0.2) is 16.5 Å². The van der Waals surface area contributed by atoms with Crippen LogP contribution in [0.4, 0.5) is 0 Å². The lowest BCUT2D eigenvalue weighted by atomic mass is 10.2. The molecule has 152 valence electrons. The standard InChI is InChI=1S/C23H20N2O4S/c1-28-21(26)13-14-25(15-16-7-3-2-4-8-16)23(27)19-12-11-18(29-19)22-24-17-9-5-6-10-20(17)30-22/h2-12H,13-15H2,1H3. The van der Waals surface area contributed by atoms with Gasteiger partial charge in [-0.15, -0.1) is 11.3 Å². The van der Waals surface area contributed by atoms with Gasteiger partial charge in [0.2, 0.25) is 0 Å². The Morgan fingerprint density at radius 1 is 1.03 bits per heavy atom. The third kappa shape index (κ3) is 4.41. The molecular formula is C23H20N2O4S. The molecule has 0 aliphatic heterocycles. The van der Waals surface area contributed by atoms with Crippen molar-refractivity contribution in [3.8, 4) is 10.8 Å². The number of carbonyl (C=O) groups excluding carboxylic acids is 2. The van der Waals surface area contributed by atoms with Crippen molar-refractivity contribution in [3.63, 3.8) is 0 Å². The summed E-state index contributed by atoms with van der Waals surface area (Å²) in [5, 5.41) is 0.722. The maximum absolute atomic E-state index is 13.1. The number of aromatic nitrogens is 1. The van der Waals surface area contributed by atoms with Crippen molar-refractivity contribution in [1.82, 2.24) is 9.88 Å². The topological polar surface area (TPSA) is 72.6 Å². The molecule has 0 radical (unpaired) electrons. The number of carbonyl (C=O) groups is 2. The number of methoxy groups -OCH3 is 1. The summed E-state index contributed by atoms with van der Waals surface area (Å²) in [4.78, 5) is 30.9. The van der Waals surface area contributed by atoms with E-state index in [4.69, 9.17) is 9.15 Å². The first-order valence-corrected chi connectivity index (χ1v) is 10.3. The first-order valence-electron chi connectivity index (χ1n) is 9.50. The number of benzene rings is 2. The number of ether oxygens (including phenoxy) is 1. The molecule has 0 unspecified atom stereocenters. The molecule has 30 heavy (non-hydrogen) atoms. The molecule has 0 spiro atoms. The minimum absolute atomic E-state index is 0.112. The summed E-state index contributed by atoms with van der Waals surface area (Å²) in [5.74, 6) is 0.114. The Balaban J connectivity index is 1.56. The van der Waals surface area contributed by atoms with Crippen LogP contribution in [0.3, 0.4) is 0 Å². The minimum atomic E-state index is -0.365. The lowest BCUT2D eigenvalue weighted by molar-refractivity contribution is -0.140. The highest BCUT2D eigenvalue weighted by Crippen LogP contribution is 2.31. The van der Waals surface area contributed by atoms with E-state index in [1.165, 1.54) is 18.4 Å². The molecule has 0 N–H and O–H groups in total. The SMILES string of the molecule is COC(=O)CCN(Cc1ccccc1)C(=O)c1ccc(-c2nc3ccccc3s2)o1. The van der Waals surface area contributed by atoms with Crippen LogP contribution in [0, 0.1) is 0 Å². The maximum atomic E-state index is 13.1. The van der Waals surface area contributed by atoms with E-state index in [1.807, 2.05) is 54.6 Å². The monoisotopic (exact) mass is 420 g/mol. The quantitative estimate of drug-likeness (QED) is 0.403. The van der Waals surface area contributed by atoms with Gasteiger partial charge in [0, 0.05) is 13.1 Å². The first-order chi connectivity index (χ1) is 14.6. The van der Waals surface area contributed by atoms with Gasteiger partial charge in [0.25, 0.3) is 5.91 Å². The molecule has 4 aromatic rings. The van der Waals surface area contributed by atoms with Crippen molar-refractivity contribution in [2.75, 3.05) is 13.7 Å². The summed E-state index contributed by atoms with van der Waals surface area (Å²) in [6.45, 7) is 0.603.